The van der Waals surface area contributed by atoms with Crippen molar-refractivity contribution >= 4 is 17.8 Å². The van der Waals surface area contributed by atoms with Gasteiger partial charge in [-0.15, -0.1) is 0 Å². The van der Waals surface area contributed by atoms with E-state index >= 15 is 0 Å². The number of hydrogen-bond donors (Lipinski definition) is 1. The monoisotopic (exact) mass is 441 g/mol. The molecule has 0 aromatic heterocycles. The van der Waals surface area contributed by atoms with Gasteiger partial charge in [-0.1, -0.05) is 63.4 Å². The molecule has 1 aromatic carbocycles. The Morgan fingerprint density at radius 2 is 1.84 bits per heavy atom. The van der Waals surface area contributed by atoms with E-state index in [4.69, 9.17) is 0 Å². The van der Waals surface area contributed by atoms with Crippen LogP contribution in [0.15, 0.2) is 30.3 Å². The van der Waals surface area contributed by atoms with Gasteiger partial charge in [-0.2, -0.15) is 0 Å². The second-order valence-electron chi connectivity index (χ2n) is 9.35. The second-order valence-corrected chi connectivity index (χ2v) is 9.35. The minimum absolute atomic E-state index is 0.0239. The number of hydrazine groups is 1. The van der Waals surface area contributed by atoms with E-state index in [0.29, 0.717) is 13.1 Å². The Morgan fingerprint density at radius 1 is 1.16 bits per heavy atom. The largest absolute Gasteiger partial charge is 0.334 e. The molecule has 1 aliphatic carbocycles. The standard InChI is InChI=1S/C24H35N5O3/c1-4-17(2)22-23(31)27(19-12-8-9-13-19)15-20-28(22)21(30)16-26(3)29(20)24(32)25-14-18-10-6-5-7-11-18/h5-7,10-11,17,19-20,22H,4,8-9,12-16H2,1-3H3,(H,25,32)/t17?,20-,22-/m0/s1. The molecule has 0 spiro atoms. The third-order valence-electron chi connectivity index (χ3n) is 7.26. The molecule has 8 nitrogen and oxygen atoms in total. The van der Waals surface area contributed by atoms with E-state index in [2.05, 4.69) is 5.32 Å². The number of likely N-dealkylation sites (N-methyl/N-ethyl adjacent to an activating group) is 1. The lowest BCUT2D eigenvalue weighted by Crippen LogP contribution is -2.77. The smallest absolute Gasteiger partial charge is 0.334 e. The fourth-order valence-corrected chi connectivity index (χ4v) is 5.36. The van der Waals surface area contributed by atoms with Crippen molar-refractivity contribution in [2.45, 2.75) is 70.7 Å². The molecular weight excluding hydrogens is 406 g/mol. The number of hydrogen-bond acceptors (Lipinski definition) is 4. The number of benzene rings is 1. The number of piperazine rings is 1. The molecule has 2 heterocycles. The molecule has 1 N–H and O–H groups in total. The first kappa shape index (κ1) is 22.6. The van der Waals surface area contributed by atoms with Gasteiger partial charge in [0.25, 0.3) is 0 Å². The SMILES string of the molecule is CCC(C)[C@H]1C(=O)N(C2CCCC2)C[C@H]2N1C(=O)CN(C)N2C(=O)NCc1ccccc1. The maximum absolute atomic E-state index is 13.6. The lowest BCUT2D eigenvalue weighted by Gasteiger charge is -2.56. The Morgan fingerprint density at radius 3 is 2.50 bits per heavy atom. The van der Waals surface area contributed by atoms with Crippen LogP contribution in [0.3, 0.4) is 0 Å². The average molecular weight is 442 g/mol. The van der Waals surface area contributed by atoms with Gasteiger partial charge in [-0.05, 0) is 24.3 Å². The van der Waals surface area contributed by atoms with Gasteiger partial charge in [0.15, 0.2) is 0 Å². The zero-order chi connectivity index (χ0) is 22.8. The van der Waals surface area contributed by atoms with Crippen LogP contribution in [0, 0.1) is 5.92 Å². The van der Waals surface area contributed by atoms with Crippen molar-refractivity contribution in [3.8, 4) is 0 Å². The highest BCUT2D eigenvalue weighted by Gasteiger charge is 2.53. The third kappa shape index (κ3) is 4.20. The molecule has 3 fully saturated rings. The van der Waals surface area contributed by atoms with Crippen LogP contribution in [0.2, 0.25) is 0 Å². The van der Waals surface area contributed by atoms with E-state index in [0.717, 1.165) is 37.7 Å². The third-order valence-corrected chi connectivity index (χ3v) is 7.26. The summed E-state index contributed by atoms with van der Waals surface area (Å²) in [5.41, 5.74) is 1.01. The summed E-state index contributed by atoms with van der Waals surface area (Å²) >= 11 is 0. The highest BCUT2D eigenvalue weighted by atomic mass is 16.2. The molecule has 4 rings (SSSR count). The van der Waals surface area contributed by atoms with Crippen molar-refractivity contribution in [3.05, 3.63) is 35.9 Å². The van der Waals surface area contributed by atoms with Crippen LogP contribution in [0.1, 0.15) is 51.5 Å². The second kappa shape index (κ2) is 9.48. The molecular formula is C24H35N5O3. The molecule has 2 saturated heterocycles. The molecule has 174 valence electrons. The van der Waals surface area contributed by atoms with E-state index in [1.54, 1.807) is 22.0 Å². The number of nitrogens with one attached hydrogen (secondary N) is 1. The van der Waals surface area contributed by atoms with Crippen LogP contribution >= 0.6 is 0 Å². The van der Waals surface area contributed by atoms with Gasteiger partial charge in [0.2, 0.25) is 11.8 Å². The number of carbonyl (C=O) groups excluding carboxylic acids is 3. The number of carbonyl (C=O) groups is 3. The summed E-state index contributed by atoms with van der Waals surface area (Å²) in [6.45, 7) is 4.93. The van der Waals surface area contributed by atoms with Crippen molar-refractivity contribution < 1.29 is 14.4 Å². The Hall–Kier alpha value is -2.61. The van der Waals surface area contributed by atoms with E-state index in [-0.39, 0.29) is 36.3 Å². The summed E-state index contributed by atoms with van der Waals surface area (Å²) in [6.07, 6.45) is 4.54. The molecule has 0 bridgehead atoms. The van der Waals surface area contributed by atoms with Crippen molar-refractivity contribution in [1.29, 1.82) is 0 Å². The first-order valence-electron chi connectivity index (χ1n) is 11.9. The van der Waals surface area contributed by atoms with Crippen molar-refractivity contribution in [3.63, 3.8) is 0 Å². The Labute approximate surface area is 190 Å². The molecule has 1 saturated carbocycles. The minimum atomic E-state index is -0.523. The minimum Gasteiger partial charge on any atom is -0.334 e. The predicted molar refractivity (Wildman–Crippen MR) is 121 cm³/mol. The van der Waals surface area contributed by atoms with E-state index in [1.165, 1.54) is 0 Å². The quantitative estimate of drug-likeness (QED) is 0.761. The summed E-state index contributed by atoms with van der Waals surface area (Å²) in [7, 11) is 1.77. The number of amides is 4. The maximum Gasteiger partial charge on any atom is 0.334 e. The zero-order valence-electron chi connectivity index (χ0n) is 19.4. The summed E-state index contributed by atoms with van der Waals surface area (Å²) < 4.78 is 0. The lowest BCUT2D eigenvalue weighted by atomic mass is 9.91. The molecule has 1 aromatic rings. The van der Waals surface area contributed by atoms with E-state index in [9.17, 15) is 14.4 Å². The fraction of sp³-hybridized carbons (Fsp3) is 0.625. The van der Waals surface area contributed by atoms with Crippen LogP contribution in [-0.2, 0) is 16.1 Å². The fourth-order valence-electron chi connectivity index (χ4n) is 5.36. The van der Waals surface area contributed by atoms with Crippen LogP contribution < -0.4 is 5.32 Å². The van der Waals surface area contributed by atoms with Crippen molar-refractivity contribution in [2.24, 2.45) is 5.92 Å². The Kier molecular flexibility index (Phi) is 6.69. The van der Waals surface area contributed by atoms with Gasteiger partial charge >= 0.3 is 6.03 Å². The van der Waals surface area contributed by atoms with Gasteiger partial charge in [-0.25, -0.2) is 14.8 Å². The molecule has 0 radical (unpaired) electrons. The summed E-state index contributed by atoms with van der Waals surface area (Å²) in [6, 6.07) is 9.20. The summed E-state index contributed by atoms with van der Waals surface area (Å²) in [5.74, 6) is -0.0184. The zero-order valence-corrected chi connectivity index (χ0v) is 19.4. The van der Waals surface area contributed by atoms with Crippen molar-refractivity contribution in [1.82, 2.24) is 25.1 Å². The first-order chi connectivity index (χ1) is 15.4. The van der Waals surface area contributed by atoms with Crippen molar-refractivity contribution in [2.75, 3.05) is 20.1 Å². The van der Waals surface area contributed by atoms with Gasteiger partial charge < -0.3 is 15.1 Å². The number of rotatable bonds is 5. The number of nitrogens with zero attached hydrogens (tertiary/aromatic N) is 4. The van der Waals surface area contributed by atoms with Crippen LogP contribution in [0.4, 0.5) is 4.79 Å². The molecule has 1 unspecified atom stereocenters. The van der Waals surface area contributed by atoms with Gasteiger partial charge in [0.1, 0.15) is 12.2 Å². The number of urea groups is 1. The summed E-state index contributed by atoms with van der Waals surface area (Å²) in [4.78, 5) is 43.7. The van der Waals surface area contributed by atoms with Gasteiger partial charge in [0.05, 0.1) is 13.1 Å². The molecule has 32 heavy (non-hydrogen) atoms. The summed E-state index contributed by atoms with van der Waals surface area (Å²) in [5, 5.41) is 6.35. The van der Waals surface area contributed by atoms with Crippen LogP contribution in [0.25, 0.3) is 0 Å². The molecule has 3 aliphatic rings. The highest BCUT2D eigenvalue weighted by Crippen LogP contribution is 2.34. The number of fused-ring (bicyclic) bond motifs is 1. The van der Waals surface area contributed by atoms with E-state index < -0.39 is 12.2 Å². The van der Waals surface area contributed by atoms with Crippen LogP contribution in [-0.4, -0.2) is 76.0 Å². The maximum atomic E-state index is 13.6. The Bertz CT molecular complexity index is 841. The van der Waals surface area contributed by atoms with E-state index in [1.807, 2.05) is 49.1 Å². The van der Waals surface area contributed by atoms with Gasteiger partial charge in [-0.3, -0.25) is 9.59 Å². The normalized spacial score (nSPS) is 25.8. The predicted octanol–water partition coefficient (Wildman–Crippen LogP) is 2.41. The van der Waals surface area contributed by atoms with Crippen LogP contribution in [0.5, 0.6) is 0 Å². The molecule has 4 amide bonds. The highest BCUT2D eigenvalue weighted by molar-refractivity contribution is 5.91. The Balaban J connectivity index is 1.61. The molecule has 3 atom stereocenters. The molecule has 8 heteroatoms. The van der Waals surface area contributed by atoms with Gasteiger partial charge in [0, 0.05) is 19.6 Å². The first-order valence-corrected chi connectivity index (χ1v) is 11.9. The lowest BCUT2D eigenvalue weighted by molar-refractivity contribution is -0.192. The average Bonchev–Trinajstić information content (AvgIpc) is 3.32. The topological polar surface area (TPSA) is 76.2 Å². The molecule has 2 aliphatic heterocycles.